The van der Waals surface area contributed by atoms with Gasteiger partial charge in [0.1, 0.15) is 0 Å². The number of nitrogens with zero attached hydrogens (tertiary/aromatic N) is 2. The highest BCUT2D eigenvalue weighted by Crippen LogP contribution is 2.29. The van der Waals surface area contributed by atoms with Crippen LogP contribution in [0.2, 0.25) is 0 Å². The van der Waals surface area contributed by atoms with Crippen LogP contribution in [0.5, 0.6) is 0 Å². The smallest absolute Gasteiger partial charge is 0.0223 e. The molecule has 3 nitrogen and oxygen atoms in total. The van der Waals surface area contributed by atoms with Gasteiger partial charge >= 0.3 is 0 Å². The lowest BCUT2D eigenvalue weighted by Crippen LogP contribution is -2.46. The molecule has 0 amide bonds. The molecule has 2 saturated heterocycles. The van der Waals surface area contributed by atoms with Crippen LogP contribution in [0, 0.1) is 0 Å². The molecule has 0 aliphatic carbocycles. The van der Waals surface area contributed by atoms with Crippen LogP contribution in [0.4, 0.5) is 0 Å². The van der Waals surface area contributed by atoms with Gasteiger partial charge in [-0.05, 0) is 46.6 Å². The van der Waals surface area contributed by atoms with E-state index in [4.69, 9.17) is 0 Å². The Balaban J connectivity index is 1.78. The lowest BCUT2D eigenvalue weighted by molar-refractivity contribution is 0.175. The molecule has 2 rings (SSSR count). The van der Waals surface area contributed by atoms with Crippen LogP contribution < -0.4 is 5.32 Å². The zero-order valence-corrected chi connectivity index (χ0v) is 13.4. The molecule has 1 N–H and O–H groups in total. The fourth-order valence-electron chi connectivity index (χ4n) is 3.77. The first-order valence-corrected chi connectivity index (χ1v) is 8.31. The van der Waals surface area contributed by atoms with E-state index in [2.05, 4.69) is 42.9 Å². The van der Waals surface area contributed by atoms with Crippen LogP contribution in [0.3, 0.4) is 0 Å². The summed E-state index contributed by atoms with van der Waals surface area (Å²) in [7, 11) is 2.33. The van der Waals surface area contributed by atoms with E-state index in [9.17, 15) is 0 Å². The monoisotopic (exact) mass is 267 g/mol. The Bertz CT molecular complexity index is 269. The van der Waals surface area contributed by atoms with Gasteiger partial charge in [-0.25, -0.2) is 0 Å². The van der Waals surface area contributed by atoms with Crippen molar-refractivity contribution in [3.8, 4) is 0 Å². The Hall–Kier alpha value is -0.120. The molecule has 2 fully saturated rings. The third-order valence-electron chi connectivity index (χ3n) is 5.29. The SMILES string of the molecule is CCCC(C)NCC(C)N1CCC2CCC(C1)N2C. The molecule has 2 bridgehead atoms. The van der Waals surface area contributed by atoms with Gasteiger partial charge in [-0.2, -0.15) is 0 Å². The summed E-state index contributed by atoms with van der Waals surface area (Å²) in [6, 6.07) is 3.00. The Morgan fingerprint density at radius 2 is 1.89 bits per heavy atom. The minimum absolute atomic E-state index is 0.665. The summed E-state index contributed by atoms with van der Waals surface area (Å²) in [4.78, 5) is 5.35. The molecule has 0 aromatic heterocycles. The average Bonchev–Trinajstić information content (AvgIpc) is 2.61. The van der Waals surface area contributed by atoms with Crippen molar-refractivity contribution in [3.63, 3.8) is 0 Å². The molecular weight excluding hydrogens is 234 g/mol. The summed E-state index contributed by atoms with van der Waals surface area (Å²) in [5.41, 5.74) is 0. The van der Waals surface area contributed by atoms with Crippen LogP contribution in [0.1, 0.15) is 52.9 Å². The highest BCUT2D eigenvalue weighted by Gasteiger charge is 2.35. The minimum atomic E-state index is 0.665. The van der Waals surface area contributed by atoms with Gasteiger partial charge < -0.3 is 5.32 Å². The maximum atomic E-state index is 3.70. The summed E-state index contributed by atoms with van der Waals surface area (Å²) in [6.45, 7) is 10.7. The number of hydrogen-bond donors (Lipinski definition) is 1. The fraction of sp³-hybridized carbons (Fsp3) is 1.00. The van der Waals surface area contributed by atoms with Gasteiger partial charge in [-0.3, -0.25) is 9.80 Å². The normalized spacial score (nSPS) is 32.2. The van der Waals surface area contributed by atoms with Gasteiger partial charge in [-0.15, -0.1) is 0 Å². The van der Waals surface area contributed by atoms with Gasteiger partial charge in [0, 0.05) is 43.8 Å². The molecule has 2 heterocycles. The Morgan fingerprint density at radius 1 is 1.16 bits per heavy atom. The van der Waals surface area contributed by atoms with Crippen LogP contribution in [-0.4, -0.2) is 60.6 Å². The van der Waals surface area contributed by atoms with E-state index < -0.39 is 0 Å². The van der Waals surface area contributed by atoms with Crippen molar-refractivity contribution in [2.45, 2.75) is 77.0 Å². The fourth-order valence-corrected chi connectivity index (χ4v) is 3.77. The van der Waals surface area contributed by atoms with E-state index in [0.29, 0.717) is 12.1 Å². The van der Waals surface area contributed by atoms with Crippen LogP contribution in [-0.2, 0) is 0 Å². The number of rotatable bonds is 6. The average molecular weight is 267 g/mol. The molecule has 0 radical (unpaired) electrons. The Morgan fingerprint density at radius 3 is 2.63 bits per heavy atom. The van der Waals surface area contributed by atoms with E-state index in [1.54, 1.807) is 0 Å². The zero-order chi connectivity index (χ0) is 13.8. The quantitative estimate of drug-likeness (QED) is 0.797. The maximum absolute atomic E-state index is 3.70. The van der Waals surface area contributed by atoms with Crippen molar-refractivity contribution >= 4 is 0 Å². The third-order valence-corrected chi connectivity index (χ3v) is 5.29. The topological polar surface area (TPSA) is 18.5 Å². The molecule has 4 atom stereocenters. The molecule has 19 heavy (non-hydrogen) atoms. The van der Waals surface area contributed by atoms with Gasteiger partial charge in [0.15, 0.2) is 0 Å². The first kappa shape index (κ1) is 15.3. The Labute approximate surface area is 119 Å². The van der Waals surface area contributed by atoms with Crippen molar-refractivity contribution in [2.24, 2.45) is 0 Å². The summed E-state index contributed by atoms with van der Waals surface area (Å²) in [5, 5.41) is 3.70. The highest BCUT2D eigenvalue weighted by atomic mass is 15.3. The van der Waals surface area contributed by atoms with Gasteiger partial charge in [-0.1, -0.05) is 13.3 Å². The molecular formula is C16H33N3. The lowest BCUT2D eigenvalue weighted by atomic mass is 10.1. The van der Waals surface area contributed by atoms with Crippen LogP contribution >= 0.6 is 0 Å². The van der Waals surface area contributed by atoms with Gasteiger partial charge in [0.2, 0.25) is 0 Å². The number of fused-ring (bicyclic) bond motifs is 2. The highest BCUT2D eigenvalue weighted by molar-refractivity contribution is 4.92. The molecule has 4 unspecified atom stereocenters. The summed E-state index contributed by atoms with van der Waals surface area (Å²) >= 11 is 0. The summed E-state index contributed by atoms with van der Waals surface area (Å²) in [6.07, 6.45) is 6.77. The predicted molar refractivity (Wildman–Crippen MR) is 82.6 cm³/mol. The van der Waals surface area contributed by atoms with E-state index in [-0.39, 0.29) is 0 Å². The maximum Gasteiger partial charge on any atom is 0.0223 e. The van der Waals surface area contributed by atoms with E-state index in [1.807, 2.05) is 0 Å². The number of likely N-dealkylation sites (tertiary alicyclic amines) is 1. The van der Waals surface area contributed by atoms with Crippen LogP contribution in [0.15, 0.2) is 0 Å². The lowest BCUT2D eigenvalue weighted by Gasteiger charge is -2.32. The van der Waals surface area contributed by atoms with Gasteiger partial charge in [0.05, 0.1) is 0 Å². The summed E-state index contributed by atoms with van der Waals surface area (Å²) in [5.74, 6) is 0. The van der Waals surface area contributed by atoms with Crippen molar-refractivity contribution in [1.82, 2.24) is 15.1 Å². The van der Waals surface area contributed by atoms with Crippen LogP contribution in [0.25, 0.3) is 0 Å². The standard InChI is InChI=1S/C16H33N3/c1-5-6-13(2)17-11-14(3)19-10-9-15-7-8-16(12-19)18(15)4/h13-17H,5-12H2,1-4H3. The second-order valence-corrected chi connectivity index (χ2v) is 6.78. The number of hydrogen-bond acceptors (Lipinski definition) is 3. The van der Waals surface area contributed by atoms with E-state index >= 15 is 0 Å². The van der Waals surface area contributed by atoms with Crippen molar-refractivity contribution in [3.05, 3.63) is 0 Å². The van der Waals surface area contributed by atoms with E-state index in [1.165, 1.54) is 45.2 Å². The molecule has 2 aliphatic rings. The first-order chi connectivity index (χ1) is 9.11. The predicted octanol–water partition coefficient (Wildman–Crippen LogP) is 2.32. The number of likely N-dealkylation sites (N-methyl/N-ethyl adjacent to an activating group) is 1. The first-order valence-electron chi connectivity index (χ1n) is 8.31. The molecule has 112 valence electrons. The second kappa shape index (κ2) is 7.05. The molecule has 3 heteroatoms. The largest absolute Gasteiger partial charge is 0.313 e. The summed E-state index contributed by atoms with van der Waals surface area (Å²) < 4.78 is 0. The van der Waals surface area contributed by atoms with E-state index in [0.717, 1.165) is 18.6 Å². The molecule has 0 saturated carbocycles. The van der Waals surface area contributed by atoms with Crippen molar-refractivity contribution in [2.75, 3.05) is 26.7 Å². The third kappa shape index (κ3) is 3.93. The minimum Gasteiger partial charge on any atom is -0.313 e. The Kier molecular flexibility index (Phi) is 5.67. The molecule has 0 aromatic carbocycles. The number of nitrogens with one attached hydrogen (secondary N) is 1. The van der Waals surface area contributed by atoms with Crippen molar-refractivity contribution < 1.29 is 0 Å². The molecule has 0 spiro atoms. The zero-order valence-electron chi connectivity index (χ0n) is 13.4. The van der Waals surface area contributed by atoms with Crippen molar-refractivity contribution in [1.29, 1.82) is 0 Å². The molecule has 0 aromatic rings. The van der Waals surface area contributed by atoms with Gasteiger partial charge in [0.25, 0.3) is 0 Å². The molecule has 2 aliphatic heterocycles. The second-order valence-electron chi connectivity index (χ2n) is 6.78.